The van der Waals surface area contributed by atoms with Gasteiger partial charge in [0, 0.05) is 31.4 Å². The molecule has 1 aliphatic carbocycles. The first kappa shape index (κ1) is 10.9. The lowest BCUT2D eigenvalue weighted by Crippen LogP contribution is -2.43. The van der Waals surface area contributed by atoms with Crippen molar-refractivity contribution in [2.75, 3.05) is 18.5 Å². The fourth-order valence-corrected chi connectivity index (χ4v) is 2.78. The van der Waals surface area contributed by atoms with Crippen LogP contribution in [0.25, 0.3) is 0 Å². The molecular weight excluding hydrogens is 244 g/mol. The maximum absolute atomic E-state index is 6.23. The molecule has 1 saturated carbocycles. The van der Waals surface area contributed by atoms with E-state index in [4.69, 9.17) is 9.47 Å². The quantitative estimate of drug-likeness (QED) is 0.726. The van der Waals surface area contributed by atoms with E-state index in [2.05, 4.69) is 22.9 Å². The average molecular weight is 263 g/mol. The standard InChI is InChI=1S/C11H19BrO2/c1-9(10-2-3-10)14-11(8-12)4-6-13-7-5-11/h9-10H,2-8H2,1H3. The summed E-state index contributed by atoms with van der Waals surface area (Å²) in [5.74, 6) is 0.828. The molecule has 1 saturated heterocycles. The van der Waals surface area contributed by atoms with Crippen molar-refractivity contribution in [1.82, 2.24) is 0 Å². The molecule has 2 fully saturated rings. The highest BCUT2D eigenvalue weighted by molar-refractivity contribution is 9.09. The van der Waals surface area contributed by atoms with Crippen molar-refractivity contribution < 1.29 is 9.47 Å². The van der Waals surface area contributed by atoms with Gasteiger partial charge in [0.1, 0.15) is 0 Å². The van der Waals surface area contributed by atoms with Crippen molar-refractivity contribution in [3.63, 3.8) is 0 Å². The Kier molecular flexibility index (Phi) is 3.50. The molecular formula is C11H19BrO2. The molecule has 0 aromatic carbocycles. The van der Waals surface area contributed by atoms with Gasteiger partial charge in [-0.3, -0.25) is 0 Å². The van der Waals surface area contributed by atoms with E-state index in [-0.39, 0.29) is 5.60 Å². The van der Waals surface area contributed by atoms with E-state index in [1.54, 1.807) is 0 Å². The van der Waals surface area contributed by atoms with E-state index in [1.807, 2.05) is 0 Å². The van der Waals surface area contributed by atoms with Crippen molar-refractivity contribution in [2.24, 2.45) is 5.92 Å². The minimum atomic E-state index is 0.0558. The van der Waals surface area contributed by atoms with Crippen LogP contribution in [0.3, 0.4) is 0 Å². The van der Waals surface area contributed by atoms with E-state index in [9.17, 15) is 0 Å². The van der Waals surface area contributed by atoms with Crippen LogP contribution in [0.2, 0.25) is 0 Å². The molecule has 0 N–H and O–H groups in total. The first-order chi connectivity index (χ1) is 6.76. The molecule has 1 heterocycles. The van der Waals surface area contributed by atoms with Crippen LogP contribution < -0.4 is 0 Å². The van der Waals surface area contributed by atoms with Gasteiger partial charge in [0.25, 0.3) is 0 Å². The molecule has 14 heavy (non-hydrogen) atoms. The summed E-state index contributed by atoms with van der Waals surface area (Å²) in [6, 6.07) is 0. The smallest absolute Gasteiger partial charge is 0.0826 e. The Morgan fingerprint density at radius 3 is 2.57 bits per heavy atom. The highest BCUT2D eigenvalue weighted by Gasteiger charge is 2.38. The van der Waals surface area contributed by atoms with Crippen LogP contribution in [0, 0.1) is 5.92 Å². The van der Waals surface area contributed by atoms with E-state index >= 15 is 0 Å². The topological polar surface area (TPSA) is 18.5 Å². The number of rotatable bonds is 4. The van der Waals surface area contributed by atoms with Crippen LogP contribution in [0.4, 0.5) is 0 Å². The highest BCUT2D eigenvalue weighted by atomic mass is 79.9. The maximum Gasteiger partial charge on any atom is 0.0826 e. The second-order valence-electron chi connectivity index (χ2n) is 4.59. The summed E-state index contributed by atoms with van der Waals surface area (Å²) in [7, 11) is 0. The molecule has 0 aromatic heterocycles. The fourth-order valence-electron chi connectivity index (χ4n) is 2.08. The largest absolute Gasteiger partial charge is 0.381 e. The Morgan fingerprint density at radius 2 is 2.07 bits per heavy atom. The Bertz CT molecular complexity index is 186. The molecule has 1 unspecified atom stereocenters. The van der Waals surface area contributed by atoms with Crippen molar-refractivity contribution in [3.05, 3.63) is 0 Å². The normalized spacial score (nSPS) is 28.7. The molecule has 0 aromatic rings. The van der Waals surface area contributed by atoms with Crippen LogP contribution in [-0.4, -0.2) is 30.2 Å². The molecule has 0 bridgehead atoms. The first-order valence-corrected chi connectivity index (χ1v) is 6.69. The van der Waals surface area contributed by atoms with Gasteiger partial charge in [0.2, 0.25) is 0 Å². The summed E-state index contributed by atoms with van der Waals surface area (Å²) >= 11 is 3.59. The molecule has 0 amide bonds. The number of hydrogen-bond donors (Lipinski definition) is 0. The predicted molar refractivity (Wildman–Crippen MR) is 59.8 cm³/mol. The van der Waals surface area contributed by atoms with E-state index in [0.717, 1.165) is 37.3 Å². The third-order valence-corrected chi connectivity index (χ3v) is 4.39. The van der Waals surface area contributed by atoms with Crippen molar-refractivity contribution in [1.29, 1.82) is 0 Å². The Morgan fingerprint density at radius 1 is 1.43 bits per heavy atom. The Balaban J connectivity index is 1.89. The summed E-state index contributed by atoms with van der Waals surface area (Å²) in [5, 5.41) is 0.945. The number of alkyl halides is 1. The molecule has 2 aliphatic rings. The second-order valence-corrected chi connectivity index (χ2v) is 5.15. The zero-order valence-electron chi connectivity index (χ0n) is 8.80. The van der Waals surface area contributed by atoms with Crippen LogP contribution >= 0.6 is 15.9 Å². The van der Waals surface area contributed by atoms with Gasteiger partial charge in [-0.25, -0.2) is 0 Å². The predicted octanol–water partition coefficient (Wildman–Crippen LogP) is 2.75. The lowest BCUT2D eigenvalue weighted by Gasteiger charge is -2.38. The van der Waals surface area contributed by atoms with Gasteiger partial charge in [0.15, 0.2) is 0 Å². The molecule has 0 spiro atoms. The second kappa shape index (κ2) is 4.50. The number of hydrogen-bond acceptors (Lipinski definition) is 2. The SMILES string of the molecule is CC(OC1(CBr)CCOCC1)C1CC1. The molecule has 82 valence electrons. The van der Waals surface area contributed by atoms with Gasteiger partial charge in [-0.05, 0) is 25.7 Å². The van der Waals surface area contributed by atoms with Gasteiger partial charge in [-0.2, -0.15) is 0 Å². The lowest BCUT2D eigenvalue weighted by molar-refractivity contribution is -0.129. The first-order valence-electron chi connectivity index (χ1n) is 5.57. The minimum Gasteiger partial charge on any atom is -0.381 e. The van der Waals surface area contributed by atoms with Gasteiger partial charge in [-0.15, -0.1) is 0 Å². The van der Waals surface area contributed by atoms with Gasteiger partial charge < -0.3 is 9.47 Å². The summed E-state index contributed by atoms with van der Waals surface area (Å²) in [6.45, 7) is 3.92. The monoisotopic (exact) mass is 262 g/mol. The number of ether oxygens (including phenoxy) is 2. The zero-order chi connectivity index (χ0) is 10.0. The van der Waals surface area contributed by atoms with Gasteiger partial charge >= 0.3 is 0 Å². The van der Waals surface area contributed by atoms with Crippen LogP contribution in [-0.2, 0) is 9.47 Å². The third kappa shape index (κ3) is 2.50. The zero-order valence-corrected chi connectivity index (χ0v) is 10.4. The molecule has 1 aliphatic heterocycles. The Hall–Kier alpha value is 0.400. The summed E-state index contributed by atoms with van der Waals surface area (Å²) in [5.41, 5.74) is 0.0558. The van der Waals surface area contributed by atoms with Gasteiger partial charge in [-0.1, -0.05) is 15.9 Å². The van der Waals surface area contributed by atoms with Crippen molar-refractivity contribution in [2.45, 2.75) is 44.3 Å². The summed E-state index contributed by atoms with van der Waals surface area (Å²) < 4.78 is 11.6. The molecule has 1 atom stereocenters. The van der Waals surface area contributed by atoms with Crippen molar-refractivity contribution >= 4 is 15.9 Å². The maximum atomic E-state index is 6.23. The summed E-state index contributed by atoms with van der Waals surface area (Å²) in [4.78, 5) is 0. The third-order valence-electron chi connectivity index (χ3n) is 3.37. The van der Waals surface area contributed by atoms with Crippen LogP contribution in [0.5, 0.6) is 0 Å². The average Bonchev–Trinajstić information content (AvgIpc) is 3.02. The Labute approximate surface area is 94.5 Å². The van der Waals surface area contributed by atoms with E-state index in [1.165, 1.54) is 12.8 Å². The molecule has 2 rings (SSSR count). The van der Waals surface area contributed by atoms with E-state index in [0.29, 0.717) is 6.10 Å². The highest BCUT2D eigenvalue weighted by Crippen LogP contribution is 2.38. The number of halogens is 1. The lowest BCUT2D eigenvalue weighted by atomic mass is 9.96. The van der Waals surface area contributed by atoms with Crippen LogP contribution in [0.1, 0.15) is 32.6 Å². The molecule has 3 heteroatoms. The van der Waals surface area contributed by atoms with E-state index < -0.39 is 0 Å². The van der Waals surface area contributed by atoms with Crippen LogP contribution in [0.15, 0.2) is 0 Å². The van der Waals surface area contributed by atoms with Crippen molar-refractivity contribution in [3.8, 4) is 0 Å². The molecule has 0 radical (unpaired) electrons. The minimum absolute atomic E-state index is 0.0558. The van der Waals surface area contributed by atoms with Gasteiger partial charge in [0.05, 0.1) is 11.7 Å². The molecule has 2 nitrogen and oxygen atoms in total. The summed E-state index contributed by atoms with van der Waals surface area (Å²) in [6.07, 6.45) is 5.22. The fraction of sp³-hybridized carbons (Fsp3) is 1.00.